The van der Waals surface area contributed by atoms with Gasteiger partial charge in [0, 0.05) is 72.1 Å². The summed E-state index contributed by atoms with van der Waals surface area (Å²) in [4.78, 5) is 7.87. The minimum absolute atomic E-state index is 0.265. The van der Waals surface area contributed by atoms with Gasteiger partial charge in [0.2, 0.25) is 0 Å². The van der Waals surface area contributed by atoms with Crippen LogP contribution in [0.5, 0.6) is 0 Å². The highest BCUT2D eigenvalue weighted by Crippen LogP contribution is 2.66. The van der Waals surface area contributed by atoms with Crippen molar-refractivity contribution in [2.45, 2.75) is 131 Å². The number of methoxy groups -OCH3 is 3. The molecule has 11 aromatic carbocycles. The fourth-order valence-electron chi connectivity index (χ4n) is 19.4. The molecule has 6 aliphatic rings. The lowest BCUT2D eigenvalue weighted by atomic mass is 9.68. The molecule has 6 heteroatoms. The molecule has 3 heterocycles. The van der Waals surface area contributed by atoms with Gasteiger partial charge in [-0.3, -0.25) is 0 Å². The van der Waals surface area contributed by atoms with E-state index in [2.05, 4.69) is 248 Å². The third kappa shape index (κ3) is 7.00. The number of nitrogens with zero attached hydrogens (tertiary/aromatic N) is 3. The molecule has 6 atom stereocenters. The number of para-hydroxylation sites is 3. The Bertz CT molecular complexity index is 4420. The van der Waals surface area contributed by atoms with Gasteiger partial charge in [-0.1, -0.05) is 172 Å². The highest BCUT2D eigenvalue weighted by atomic mass is 16.5. The summed E-state index contributed by atoms with van der Waals surface area (Å²) in [6.45, 7) is 7.37. The van der Waals surface area contributed by atoms with Crippen LogP contribution in [0.25, 0.3) is 76.8 Å². The topological polar surface area (TPSA) is 37.4 Å². The van der Waals surface area contributed by atoms with Gasteiger partial charge >= 0.3 is 0 Å². The number of ether oxygens (including phenoxy) is 3. The van der Waals surface area contributed by atoms with Crippen LogP contribution in [0, 0.1) is 0 Å². The van der Waals surface area contributed by atoms with E-state index in [4.69, 9.17) is 14.2 Å². The molecule has 438 valence electrons. The third-order valence-corrected chi connectivity index (χ3v) is 23.4. The van der Waals surface area contributed by atoms with Crippen LogP contribution in [-0.4, -0.2) is 37.9 Å². The van der Waals surface area contributed by atoms with Crippen LogP contribution < -0.4 is 14.7 Å². The standard InChI is InChI=1S/C82H77N3O3/c1-77-43-19-22-46-80(77,86-4)69-40-33-57(51-74(69)85(77)60-31-17-10-18-32-60)68-52-65(54-25-11-7-12-26-54)61-36-37-62-66(55-34-41-72-70(49-55)81(87-5)47-23-20-44-78(81,2)83(72)58-27-13-8-14-28-58)53-67(63-38-39-64(68)75(61)76(62)63)56-35-42-73-71(50-56)82(88-6)48-24-21-45-79(82,3)84(73)59-29-15-9-16-30-59/h7-18,25-42,49-53H,19-24,43-48H2,1-6H3. The Morgan fingerprint density at radius 2 is 0.602 bits per heavy atom. The van der Waals surface area contributed by atoms with Gasteiger partial charge in [0.05, 0.1) is 16.6 Å². The molecular formula is C82H77N3O3. The molecular weight excluding hydrogens is 1070 g/mol. The molecule has 0 spiro atoms. The molecule has 0 aromatic heterocycles. The van der Waals surface area contributed by atoms with Crippen molar-refractivity contribution in [1.29, 1.82) is 0 Å². The van der Waals surface area contributed by atoms with Crippen LogP contribution in [0.1, 0.15) is 115 Å². The zero-order chi connectivity index (χ0) is 59.4. The Morgan fingerprint density at radius 1 is 0.284 bits per heavy atom. The van der Waals surface area contributed by atoms with E-state index in [1.165, 1.54) is 134 Å². The van der Waals surface area contributed by atoms with E-state index in [9.17, 15) is 0 Å². The Labute approximate surface area is 518 Å². The Kier molecular flexibility index (Phi) is 12.0. The monoisotopic (exact) mass is 1150 g/mol. The average molecular weight is 1150 g/mol. The average Bonchev–Trinajstić information content (AvgIpc) is 1.51. The van der Waals surface area contributed by atoms with Crippen LogP contribution in [0.3, 0.4) is 0 Å². The fourth-order valence-corrected chi connectivity index (χ4v) is 19.4. The van der Waals surface area contributed by atoms with Gasteiger partial charge in [-0.15, -0.1) is 0 Å². The number of rotatable bonds is 10. The summed E-state index contributed by atoms with van der Waals surface area (Å²) < 4.78 is 21.0. The third-order valence-electron chi connectivity index (χ3n) is 23.4. The van der Waals surface area contributed by atoms with E-state index in [-0.39, 0.29) is 16.6 Å². The molecule has 6 nitrogen and oxygen atoms in total. The molecule has 11 aromatic rings. The largest absolute Gasteiger partial charge is 0.371 e. The van der Waals surface area contributed by atoms with Crippen molar-refractivity contribution >= 4 is 66.4 Å². The van der Waals surface area contributed by atoms with Gasteiger partial charge in [-0.05, 0) is 215 Å². The predicted octanol–water partition coefficient (Wildman–Crippen LogP) is 21.2. The van der Waals surface area contributed by atoms with Crippen molar-refractivity contribution < 1.29 is 14.2 Å². The number of fused-ring (bicyclic) bond motifs is 9. The van der Waals surface area contributed by atoms with Gasteiger partial charge in [-0.25, -0.2) is 0 Å². The first-order valence-corrected chi connectivity index (χ1v) is 32.6. The van der Waals surface area contributed by atoms with Crippen molar-refractivity contribution in [3.63, 3.8) is 0 Å². The minimum Gasteiger partial charge on any atom is -0.371 e. The lowest BCUT2D eigenvalue weighted by molar-refractivity contribution is -0.0872. The maximum absolute atomic E-state index is 7.05. The summed E-state index contributed by atoms with van der Waals surface area (Å²) in [5.41, 5.74) is 18.6. The smallest absolute Gasteiger partial charge is 0.118 e. The molecule has 88 heavy (non-hydrogen) atoms. The quantitative estimate of drug-likeness (QED) is 0.127. The zero-order valence-corrected chi connectivity index (χ0v) is 51.8. The van der Waals surface area contributed by atoms with Crippen molar-refractivity contribution in [2.24, 2.45) is 0 Å². The molecule has 3 saturated carbocycles. The van der Waals surface area contributed by atoms with Crippen LogP contribution in [0.15, 0.2) is 212 Å². The van der Waals surface area contributed by atoms with E-state index in [1.54, 1.807) is 0 Å². The predicted molar refractivity (Wildman–Crippen MR) is 364 cm³/mol. The van der Waals surface area contributed by atoms with E-state index >= 15 is 0 Å². The summed E-state index contributed by atoms with van der Waals surface area (Å²) in [5, 5.41) is 7.57. The van der Waals surface area contributed by atoms with E-state index in [0.29, 0.717) is 0 Å². The molecule has 0 amide bonds. The maximum atomic E-state index is 7.05. The summed E-state index contributed by atoms with van der Waals surface area (Å²) in [5.74, 6) is 0. The minimum atomic E-state index is -0.506. The number of anilines is 6. The van der Waals surface area contributed by atoms with Crippen LogP contribution in [-0.2, 0) is 31.0 Å². The van der Waals surface area contributed by atoms with Crippen LogP contribution in [0.2, 0.25) is 0 Å². The summed E-state index contributed by atoms with van der Waals surface area (Å²) in [6, 6.07) is 81.2. The Hall–Kier alpha value is -8.26. The second-order valence-corrected chi connectivity index (χ2v) is 27.1. The first kappa shape index (κ1) is 53.9. The fraction of sp³-hybridized carbons (Fsp3) is 0.293. The summed E-state index contributed by atoms with van der Waals surface area (Å²) in [6.07, 6.45) is 12.9. The number of hydrogen-bond acceptors (Lipinski definition) is 6. The molecule has 0 bridgehead atoms. The van der Waals surface area contributed by atoms with Crippen molar-refractivity contribution in [2.75, 3.05) is 36.0 Å². The number of benzene rings is 11. The van der Waals surface area contributed by atoms with Crippen LogP contribution >= 0.6 is 0 Å². The molecule has 3 aliphatic heterocycles. The molecule has 3 aliphatic carbocycles. The van der Waals surface area contributed by atoms with E-state index in [0.717, 1.165) is 70.6 Å². The SMILES string of the molecule is COC12CCCCC1(C)N(c1ccccc1)c1cc(-c3cc(-c4ccccc4)c4ccc5c(-c6ccc7c(c6)C6(OC)CCCCC6(C)N7c6ccccc6)cc(-c6ccc7c(c6)C6(OC)CCCCC6(C)N7c6ccccc6)c6ccc3c4c56)ccc12. The highest BCUT2D eigenvalue weighted by Gasteiger charge is 2.64. The van der Waals surface area contributed by atoms with Crippen molar-refractivity contribution in [1.82, 2.24) is 0 Å². The molecule has 0 radical (unpaired) electrons. The normalized spacial score (nSPS) is 26.1. The van der Waals surface area contributed by atoms with Crippen molar-refractivity contribution in [3.05, 3.63) is 229 Å². The van der Waals surface area contributed by atoms with Gasteiger partial charge in [0.25, 0.3) is 0 Å². The molecule has 6 unspecified atom stereocenters. The lowest BCUT2D eigenvalue weighted by Gasteiger charge is -2.50. The van der Waals surface area contributed by atoms with Gasteiger partial charge in [-0.2, -0.15) is 0 Å². The molecule has 17 rings (SSSR count). The maximum Gasteiger partial charge on any atom is 0.118 e. The first-order chi connectivity index (χ1) is 43.0. The number of hydrogen-bond donors (Lipinski definition) is 0. The summed E-state index contributed by atoms with van der Waals surface area (Å²) in [7, 11) is 5.87. The van der Waals surface area contributed by atoms with Gasteiger partial charge < -0.3 is 28.9 Å². The molecule has 0 saturated heterocycles. The highest BCUT2D eigenvalue weighted by molar-refractivity contribution is 6.32. The van der Waals surface area contributed by atoms with Gasteiger partial charge in [0.1, 0.15) is 16.8 Å². The molecule has 3 fully saturated rings. The lowest BCUT2D eigenvalue weighted by Crippen LogP contribution is -2.57. The van der Waals surface area contributed by atoms with Gasteiger partial charge in [0.15, 0.2) is 0 Å². The van der Waals surface area contributed by atoms with Crippen LogP contribution in [0.4, 0.5) is 34.1 Å². The zero-order valence-electron chi connectivity index (χ0n) is 51.8. The second kappa shape index (κ2) is 19.6. The van der Waals surface area contributed by atoms with E-state index < -0.39 is 16.8 Å². The van der Waals surface area contributed by atoms with E-state index in [1.807, 2.05) is 21.3 Å². The molecule has 0 N–H and O–H groups in total. The second-order valence-electron chi connectivity index (χ2n) is 27.1. The first-order valence-electron chi connectivity index (χ1n) is 32.6. The van der Waals surface area contributed by atoms with Crippen molar-refractivity contribution in [3.8, 4) is 44.5 Å². The summed E-state index contributed by atoms with van der Waals surface area (Å²) >= 11 is 0. The Morgan fingerprint density at radius 3 is 0.989 bits per heavy atom. The Balaban J connectivity index is 0.954.